The minimum Gasteiger partial charge on any atom is -0.478 e. The zero-order valence-corrected chi connectivity index (χ0v) is 14.6. The Morgan fingerprint density at radius 1 is 1.30 bits per heavy atom. The Bertz CT molecular complexity index is 1080. The Labute approximate surface area is 155 Å². The van der Waals surface area contributed by atoms with Gasteiger partial charge < -0.3 is 14.1 Å². The Morgan fingerprint density at radius 2 is 2.04 bits per heavy atom. The maximum absolute atomic E-state index is 13.0. The lowest BCUT2D eigenvalue weighted by molar-refractivity contribution is 0.0697. The predicted molar refractivity (Wildman–Crippen MR) is 91.2 cm³/mol. The van der Waals surface area contributed by atoms with Gasteiger partial charge in [-0.3, -0.25) is 4.79 Å². The fraction of sp³-hybridized carbons (Fsp3) is 0.176. The zero-order valence-electron chi connectivity index (χ0n) is 13.8. The molecule has 0 bridgehead atoms. The standard InChI is InChI=1S/C17H12ClF2N3O4/c1-8-21-22-14(27-8)7-23-6-12(11(17(25)26)5-15(23)24)10-4-9(16(19)20)2-3-13(10)18/h2-6,16H,7H2,1H3,(H,25,26). The number of alkyl halides is 2. The fourth-order valence-electron chi connectivity index (χ4n) is 2.52. The lowest BCUT2D eigenvalue weighted by Crippen LogP contribution is -2.22. The Morgan fingerprint density at radius 3 is 2.63 bits per heavy atom. The molecule has 10 heteroatoms. The van der Waals surface area contributed by atoms with Gasteiger partial charge in [-0.05, 0) is 12.1 Å². The number of hydrogen-bond acceptors (Lipinski definition) is 5. The quantitative estimate of drug-likeness (QED) is 0.709. The van der Waals surface area contributed by atoms with Crippen LogP contribution in [0, 0.1) is 6.92 Å². The second kappa shape index (κ2) is 7.28. The summed E-state index contributed by atoms with van der Waals surface area (Å²) in [6.07, 6.45) is -1.54. The van der Waals surface area contributed by atoms with E-state index in [9.17, 15) is 23.5 Å². The lowest BCUT2D eigenvalue weighted by atomic mass is 9.99. The average molecular weight is 396 g/mol. The van der Waals surface area contributed by atoms with Crippen LogP contribution >= 0.6 is 11.6 Å². The van der Waals surface area contributed by atoms with Crippen LogP contribution in [0.2, 0.25) is 5.02 Å². The number of nitrogens with zero attached hydrogens (tertiary/aromatic N) is 3. The number of pyridine rings is 1. The molecule has 140 valence electrons. The second-order valence-corrected chi connectivity index (χ2v) is 6.03. The van der Waals surface area contributed by atoms with Gasteiger partial charge in [-0.25, -0.2) is 13.6 Å². The topological polar surface area (TPSA) is 98.2 Å². The van der Waals surface area contributed by atoms with Crippen molar-refractivity contribution in [2.45, 2.75) is 19.9 Å². The summed E-state index contributed by atoms with van der Waals surface area (Å²) < 4.78 is 32.4. The van der Waals surface area contributed by atoms with Gasteiger partial charge >= 0.3 is 5.97 Å². The van der Waals surface area contributed by atoms with Crippen molar-refractivity contribution in [3.05, 3.63) is 68.7 Å². The predicted octanol–water partition coefficient (Wildman–Crippen LogP) is 3.54. The first-order chi connectivity index (χ1) is 12.8. The summed E-state index contributed by atoms with van der Waals surface area (Å²) in [4.78, 5) is 23.8. The van der Waals surface area contributed by atoms with Crippen molar-refractivity contribution in [2.24, 2.45) is 0 Å². The summed E-state index contributed by atoms with van der Waals surface area (Å²) in [6.45, 7) is 1.46. The first-order valence-corrected chi connectivity index (χ1v) is 7.99. The number of aromatic carboxylic acids is 1. The highest BCUT2D eigenvalue weighted by Gasteiger charge is 2.19. The number of carboxylic acid groups (broad SMARTS) is 1. The molecular weight excluding hydrogens is 384 g/mol. The number of aromatic nitrogens is 3. The van der Waals surface area contributed by atoms with Gasteiger partial charge in [0.2, 0.25) is 11.8 Å². The average Bonchev–Trinajstić information content (AvgIpc) is 3.01. The Kier molecular flexibility index (Phi) is 5.04. The number of rotatable bonds is 5. The molecule has 27 heavy (non-hydrogen) atoms. The molecule has 0 radical (unpaired) electrons. The van der Waals surface area contributed by atoms with Crippen molar-refractivity contribution in [1.82, 2.24) is 14.8 Å². The van der Waals surface area contributed by atoms with E-state index in [1.54, 1.807) is 6.92 Å². The highest BCUT2D eigenvalue weighted by atomic mass is 35.5. The third kappa shape index (κ3) is 3.87. The highest BCUT2D eigenvalue weighted by Crippen LogP contribution is 2.33. The minimum absolute atomic E-state index is 0.0193. The second-order valence-electron chi connectivity index (χ2n) is 5.63. The van der Waals surface area contributed by atoms with Gasteiger partial charge in [0.1, 0.15) is 6.54 Å². The van der Waals surface area contributed by atoms with Gasteiger partial charge in [0.05, 0.1) is 5.56 Å². The molecule has 3 aromatic rings. The molecule has 0 aliphatic carbocycles. The highest BCUT2D eigenvalue weighted by molar-refractivity contribution is 6.33. The van der Waals surface area contributed by atoms with Gasteiger partial charge in [0.15, 0.2) is 0 Å². The molecule has 3 rings (SSSR count). The van der Waals surface area contributed by atoms with Crippen molar-refractivity contribution in [3.63, 3.8) is 0 Å². The number of carbonyl (C=O) groups is 1. The van der Waals surface area contributed by atoms with E-state index in [4.69, 9.17) is 16.0 Å². The van der Waals surface area contributed by atoms with Crippen LogP contribution in [-0.2, 0) is 6.54 Å². The fourth-order valence-corrected chi connectivity index (χ4v) is 2.74. The monoisotopic (exact) mass is 395 g/mol. The van der Waals surface area contributed by atoms with Crippen LogP contribution in [0.5, 0.6) is 0 Å². The molecule has 0 saturated carbocycles. The van der Waals surface area contributed by atoms with Gasteiger partial charge in [-0.2, -0.15) is 0 Å². The number of hydrogen-bond donors (Lipinski definition) is 1. The summed E-state index contributed by atoms with van der Waals surface area (Å²) in [5.41, 5.74) is -1.22. The van der Waals surface area contributed by atoms with E-state index in [1.807, 2.05) is 0 Å². The van der Waals surface area contributed by atoms with Crippen molar-refractivity contribution >= 4 is 17.6 Å². The van der Waals surface area contributed by atoms with Gasteiger partial charge in [-0.15, -0.1) is 10.2 Å². The molecule has 0 saturated heterocycles. The number of benzene rings is 1. The van der Waals surface area contributed by atoms with Crippen molar-refractivity contribution in [2.75, 3.05) is 0 Å². The van der Waals surface area contributed by atoms with Crippen LogP contribution < -0.4 is 5.56 Å². The molecule has 2 heterocycles. The summed E-state index contributed by atoms with van der Waals surface area (Å²) >= 11 is 6.10. The molecule has 2 aromatic heterocycles. The maximum Gasteiger partial charge on any atom is 0.336 e. The largest absolute Gasteiger partial charge is 0.478 e. The molecule has 1 aromatic carbocycles. The first kappa shape index (κ1) is 18.7. The molecule has 0 aliphatic heterocycles. The SMILES string of the molecule is Cc1nnc(Cn2cc(-c3cc(C(F)F)ccc3Cl)c(C(=O)O)cc2=O)o1. The van der Waals surface area contributed by atoms with E-state index < -0.39 is 18.0 Å². The number of carboxylic acids is 1. The number of halogens is 3. The van der Waals surface area contributed by atoms with Crippen LogP contribution in [0.3, 0.4) is 0 Å². The lowest BCUT2D eigenvalue weighted by Gasteiger charge is -2.13. The Balaban J connectivity index is 2.18. The summed E-state index contributed by atoms with van der Waals surface area (Å²) in [7, 11) is 0. The van der Waals surface area contributed by atoms with Crippen molar-refractivity contribution < 1.29 is 23.1 Å². The summed E-state index contributed by atoms with van der Waals surface area (Å²) in [6, 6.07) is 4.39. The molecule has 0 amide bonds. The zero-order chi connectivity index (χ0) is 19.7. The van der Waals surface area contributed by atoms with Crippen LogP contribution in [0.25, 0.3) is 11.1 Å². The molecule has 1 N–H and O–H groups in total. The minimum atomic E-state index is -2.76. The van der Waals surface area contributed by atoms with E-state index in [0.29, 0.717) is 5.89 Å². The molecule has 0 atom stereocenters. The Hall–Kier alpha value is -3.07. The van der Waals surface area contributed by atoms with Crippen LogP contribution in [-0.4, -0.2) is 25.8 Å². The van der Waals surface area contributed by atoms with E-state index in [1.165, 1.54) is 12.3 Å². The first-order valence-electron chi connectivity index (χ1n) is 7.61. The molecule has 0 unspecified atom stereocenters. The molecule has 7 nitrogen and oxygen atoms in total. The smallest absolute Gasteiger partial charge is 0.336 e. The molecular formula is C17H12ClF2N3O4. The van der Waals surface area contributed by atoms with Crippen LogP contribution in [0.1, 0.15) is 34.1 Å². The summed E-state index contributed by atoms with van der Waals surface area (Å²) in [5, 5.41) is 16.9. The third-order valence-corrected chi connectivity index (χ3v) is 4.09. The molecule has 0 spiro atoms. The third-order valence-electron chi connectivity index (χ3n) is 3.76. The van der Waals surface area contributed by atoms with E-state index >= 15 is 0 Å². The van der Waals surface area contributed by atoms with Crippen LogP contribution in [0.4, 0.5) is 8.78 Å². The van der Waals surface area contributed by atoms with E-state index in [-0.39, 0.29) is 39.7 Å². The summed E-state index contributed by atoms with van der Waals surface area (Å²) in [5.74, 6) is -0.953. The van der Waals surface area contributed by atoms with E-state index in [2.05, 4.69) is 10.2 Å². The van der Waals surface area contributed by atoms with Gasteiger partial charge in [0.25, 0.3) is 12.0 Å². The van der Waals surface area contributed by atoms with Crippen molar-refractivity contribution in [3.8, 4) is 11.1 Å². The molecule has 0 fully saturated rings. The van der Waals surface area contributed by atoms with E-state index in [0.717, 1.165) is 22.8 Å². The normalized spacial score (nSPS) is 11.1. The molecule has 0 aliphatic rings. The maximum atomic E-state index is 13.0. The van der Waals surface area contributed by atoms with Gasteiger partial charge in [-0.1, -0.05) is 17.7 Å². The number of aryl methyl sites for hydroxylation is 1. The van der Waals surface area contributed by atoms with Crippen LogP contribution in [0.15, 0.2) is 39.7 Å². The van der Waals surface area contributed by atoms with Crippen molar-refractivity contribution in [1.29, 1.82) is 0 Å². The van der Waals surface area contributed by atoms with Gasteiger partial charge in [0, 0.05) is 40.9 Å².